The number of hydrogen-bond acceptors (Lipinski definition) is 11. The number of benzene rings is 3. The van der Waals surface area contributed by atoms with Crippen LogP contribution in [0.15, 0.2) is 77.3 Å². The zero-order valence-electron chi connectivity index (χ0n) is 27.2. The number of H-pyrrole nitrogens is 1. The van der Waals surface area contributed by atoms with Gasteiger partial charge in [-0.15, -0.1) is 0 Å². The van der Waals surface area contributed by atoms with Gasteiger partial charge in [-0.3, -0.25) is 4.55 Å². The van der Waals surface area contributed by atoms with Crippen LogP contribution in [-0.4, -0.2) is 60.0 Å². The Bertz CT molecular complexity index is 2040. The number of nitrogens with one attached hydrogen (secondary N) is 1. The Morgan fingerprint density at radius 1 is 0.854 bits per heavy atom. The molecule has 0 fully saturated rings. The summed E-state index contributed by atoms with van der Waals surface area (Å²) in [6.07, 6.45) is 9.52. The molecule has 0 aliphatic carbocycles. The first-order valence-electron chi connectivity index (χ1n) is 15.5. The number of aromatic amines is 1. The summed E-state index contributed by atoms with van der Waals surface area (Å²) < 4.78 is 76.2. The summed E-state index contributed by atoms with van der Waals surface area (Å²) in [6.45, 7) is 6.49. The maximum Gasteiger partial charge on any atom is 0.341 e. The lowest BCUT2D eigenvalue weighted by atomic mass is 10.0. The quantitative estimate of drug-likeness (QED) is 0.0761. The molecule has 3 aromatic carbocycles. The third-order valence-electron chi connectivity index (χ3n) is 7.37. The van der Waals surface area contributed by atoms with Gasteiger partial charge >= 0.3 is 10.1 Å². The molecule has 0 bridgehead atoms. The molecule has 2 aromatic heterocycles. The van der Waals surface area contributed by atoms with Crippen molar-refractivity contribution in [1.82, 2.24) is 24.9 Å². The molecular formula is C33H39N5O8S2. The summed E-state index contributed by atoms with van der Waals surface area (Å²) in [5.74, 6) is 1.77. The van der Waals surface area contributed by atoms with E-state index in [1.54, 1.807) is 19.2 Å². The molecule has 0 unspecified atom stereocenters. The highest BCUT2D eigenvalue weighted by atomic mass is 32.2. The standard InChI is InChI=1S/C23H30N2O7S2.C10H9N3O/c1-4-7-8-9-12-31-23-18(6-3)16(5-2)10-11-20(23)32-34(29,30)21-14-17(33(26,27)28)13-19-22(21)25-15-24-19;1-14-9-5-3-2-4-8(9)10-12-6-11-7-13-10/h10-11,13-15H,4-9,12H2,1-3H3,(H,24,25)(H,26,27,28);2-7H,1H3. The molecule has 0 saturated heterocycles. The van der Waals surface area contributed by atoms with Crippen LogP contribution in [0.2, 0.25) is 0 Å². The topological polar surface area (TPSA) is 184 Å². The van der Waals surface area contributed by atoms with E-state index < -0.39 is 30.0 Å². The molecule has 0 radical (unpaired) electrons. The van der Waals surface area contributed by atoms with Gasteiger partial charge < -0.3 is 18.6 Å². The van der Waals surface area contributed by atoms with Gasteiger partial charge in [0, 0.05) is 5.56 Å². The minimum Gasteiger partial charge on any atom is -0.496 e. The zero-order valence-corrected chi connectivity index (χ0v) is 28.8. The summed E-state index contributed by atoms with van der Waals surface area (Å²) in [4.78, 5) is 17.5. The van der Waals surface area contributed by atoms with Crippen molar-refractivity contribution in [2.75, 3.05) is 13.7 Å². The number of unbranched alkanes of at least 4 members (excludes halogenated alkanes) is 3. The molecule has 15 heteroatoms. The first-order chi connectivity index (χ1) is 23.0. The maximum atomic E-state index is 13.3. The number of nitrogens with zero attached hydrogens (tertiary/aromatic N) is 4. The number of fused-ring (bicyclic) bond motifs is 1. The van der Waals surface area contributed by atoms with Gasteiger partial charge in [0.05, 0.1) is 36.0 Å². The summed E-state index contributed by atoms with van der Waals surface area (Å²) >= 11 is 0. The van der Waals surface area contributed by atoms with E-state index in [-0.39, 0.29) is 16.8 Å². The monoisotopic (exact) mass is 697 g/mol. The van der Waals surface area contributed by atoms with Crippen LogP contribution < -0.4 is 13.7 Å². The minimum atomic E-state index is -4.67. The molecule has 256 valence electrons. The predicted molar refractivity (Wildman–Crippen MR) is 180 cm³/mol. The molecule has 0 atom stereocenters. The van der Waals surface area contributed by atoms with Crippen LogP contribution in [0.25, 0.3) is 22.4 Å². The molecular weight excluding hydrogens is 659 g/mol. The van der Waals surface area contributed by atoms with Crippen molar-refractivity contribution >= 4 is 31.3 Å². The van der Waals surface area contributed by atoms with E-state index in [0.717, 1.165) is 66.7 Å². The first kappa shape index (κ1) is 36.2. The Kier molecular flexibility index (Phi) is 12.4. The maximum absolute atomic E-state index is 13.3. The molecule has 0 amide bonds. The van der Waals surface area contributed by atoms with Crippen molar-refractivity contribution in [2.24, 2.45) is 0 Å². The highest BCUT2D eigenvalue weighted by molar-refractivity contribution is 7.87. The van der Waals surface area contributed by atoms with Gasteiger partial charge in [-0.25, -0.2) is 19.9 Å². The number of hydrogen-bond donors (Lipinski definition) is 2. The van der Waals surface area contributed by atoms with Crippen LogP contribution >= 0.6 is 0 Å². The number of aromatic nitrogens is 5. The zero-order chi connectivity index (χ0) is 34.7. The van der Waals surface area contributed by atoms with Crippen molar-refractivity contribution in [3.8, 4) is 28.6 Å². The molecule has 2 heterocycles. The summed E-state index contributed by atoms with van der Waals surface area (Å²) in [5, 5.41) is 0. The van der Waals surface area contributed by atoms with Crippen molar-refractivity contribution in [3.05, 3.63) is 78.6 Å². The van der Waals surface area contributed by atoms with Crippen molar-refractivity contribution in [2.45, 2.75) is 69.1 Å². The van der Waals surface area contributed by atoms with Crippen molar-refractivity contribution < 1.29 is 35.0 Å². The Balaban J connectivity index is 0.000000307. The summed E-state index contributed by atoms with van der Waals surface area (Å²) in [7, 11) is -7.58. The number of para-hydroxylation sites is 1. The van der Waals surface area contributed by atoms with Gasteiger partial charge in [-0.05, 0) is 55.2 Å². The molecule has 13 nitrogen and oxygen atoms in total. The van der Waals surface area contributed by atoms with E-state index in [2.05, 4.69) is 31.8 Å². The smallest absolute Gasteiger partial charge is 0.341 e. The van der Waals surface area contributed by atoms with Gasteiger partial charge in [0.15, 0.2) is 17.3 Å². The fourth-order valence-electron chi connectivity index (χ4n) is 5.00. The second-order valence-electron chi connectivity index (χ2n) is 10.5. The molecule has 5 aromatic rings. The van der Waals surface area contributed by atoms with Crippen LogP contribution in [0.3, 0.4) is 0 Å². The van der Waals surface area contributed by atoms with E-state index in [4.69, 9.17) is 13.7 Å². The SMILES string of the molecule is CCCCCCOc1c(OS(=O)(=O)c2cc(S(=O)(=O)O)cc3[nH]cnc23)ccc(CC)c1CC.COc1ccccc1-c1ncncn1. The third-order valence-corrected chi connectivity index (χ3v) is 9.45. The lowest BCUT2D eigenvalue weighted by Crippen LogP contribution is -2.14. The minimum absolute atomic E-state index is 0.00433. The highest BCUT2D eigenvalue weighted by Crippen LogP contribution is 2.38. The average molecular weight is 698 g/mol. The number of imidazole rings is 1. The van der Waals surface area contributed by atoms with Gasteiger partial charge in [-0.1, -0.05) is 58.2 Å². The fraction of sp³-hybridized carbons (Fsp3) is 0.333. The Morgan fingerprint density at radius 3 is 2.27 bits per heavy atom. The van der Waals surface area contributed by atoms with Crippen molar-refractivity contribution in [3.63, 3.8) is 0 Å². The third kappa shape index (κ3) is 8.85. The normalized spacial score (nSPS) is 11.5. The van der Waals surface area contributed by atoms with E-state index in [1.807, 2.05) is 38.1 Å². The van der Waals surface area contributed by atoms with Gasteiger partial charge in [0.2, 0.25) is 0 Å². The van der Waals surface area contributed by atoms with Gasteiger partial charge in [0.25, 0.3) is 10.1 Å². The summed E-state index contributed by atoms with van der Waals surface area (Å²) in [6, 6.07) is 12.9. The van der Waals surface area contributed by atoms with Gasteiger partial charge in [-0.2, -0.15) is 16.8 Å². The predicted octanol–water partition coefficient (Wildman–Crippen LogP) is 6.21. The van der Waals surface area contributed by atoms with E-state index in [0.29, 0.717) is 24.6 Å². The number of ether oxygens (including phenoxy) is 2. The number of methoxy groups -OCH3 is 1. The largest absolute Gasteiger partial charge is 0.496 e. The molecule has 5 rings (SSSR count). The molecule has 2 N–H and O–H groups in total. The second kappa shape index (κ2) is 16.5. The van der Waals surface area contributed by atoms with Crippen molar-refractivity contribution in [1.29, 1.82) is 0 Å². The average Bonchev–Trinajstić information content (AvgIpc) is 3.57. The van der Waals surface area contributed by atoms with Crippen LogP contribution in [0.5, 0.6) is 17.2 Å². The van der Waals surface area contributed by atoms with E-state index in [1.165, 1.54) is 19.0 Å². The second-order valence-corrected chi connectivity index (χ2v) is 13.5. The van der Waals surface area contributed by atoms with Crippen LogP contribution in [0.4, 0.5) is 0 Å². The van der Waals surface area contributed by atoms with Crippen LogP contribution in [-0.2, 0) is 33.1 Å². The van der Waals surface area contributed by atoms with Gasteiger partial charge in [0.1, 0.15) is 28.8 Å². The van der Waals surface area contributed by atoms with E-state index in [9.17, 15) is 21.4 Å². The Labute approximate surface area is 280 Å². The number of aryl methyl sites for hydroxylation is 1. The molecule has 48 heavy (non-hydrogen) atoms. The fourth-order valence-corrected chi connectivity index (χ4v) is 6.73. The molecule has 0 spiro atoms. The lowest BCUT2D eigenvalue weighted by molar-refractivity contribution is 0.293. The lowest BCUT2D eigenvalue weighted by Gasteiger charge is -2.18. The molecule has 0 aliphatic heterocycles. The summed E-state index contributed by atoms with van der Waals surface area (Å²) in [5.41, 5.74) is 2.88. The van der Waals surface area contributed by atoms with Crippen LogP contribution in [0.1, 0.15) is 57.6 Å². The van der Waals surface area contributed by atoms with Crippen LogP contribution in [0, 0.1) is 0 Å². The molecule has 0 aliphatic rings. The Hall–Kier alpha value is -4.60. The number of rotatable bonds is 14. The first-order valence-corrected chi connectivity index (χ1v) is 18.3. The highest BCUT2D eigenvalue weighted by Gasteiger charge is 2.27. The van der Waals surface area contributed by atoms with E-state index >= 15 is 0 Å². The molecule has 0 saturated carbocycles. The Morgan fingerprint density at radius 2 is 1.60 bits per heavy atom.